The molecule has 0 bridgehead atoms. The summed E-state index contributed by atoms with van der Waals surface area (Å²) in [6, 6.07) is 87.7. The maximum absolute atomic E-state index is 5.09. The van der Waals surface area contributed by atoms with Crippen LogP contribution in [-0.2, 0) is 21.1 Å². The summed E-state index contributed by atoms with van der Waals surface area (Å²) < 4.78 is 6.77. The van der Waals surface area contributed by atoms with Crippen LogP contribution in [0, 0.1) is 12.1 Å². The normalized spacial score (nSPS) is 11.3. The molecule has 0 amide bonds. The molecule has 0 N–H and O–H groups in total. The second kappa shape index (κ2) is 18.5. The maximum Gasteiger partial charge on any atom is 0.168 e. The van der Waals surface area contributed by atoms with Gasteiger partial charge in [0.25, 0.3) is 0 Å². The molecule has 9 aromatic carbocycles. The van der Waals surface area contributed by atoms with E-state index in [1.54, 1.807) is 0 Å². The van der Waals surface area contributed by atoms with Gasteiger partial charge in [0, 0.05) is 61.7 Å². The number of nitrogens with zero attached hydrogens (tertiary/aromatic N) is 5. The number of para-hydroxylation sites is 5. The van der Waals surface area contributed by atoms with Crippen molar-refractivity contribution in [2.75, 3.05) is 4.90 Å². The average Bonchev–Trinajstić information content (AvgIpc) is 3.96. The van der Waals surface area contributed by atoms with Crippen LogP contribution in [0.5, 0.6) is 0 Å². The molecule has 0 unspecified atom stereocenters. The molecule has 69 heavy (non-hydrogen) atoms. The van der Waals surface area contributed by atoms with Crippen molar-refractivity contribution >= 4 is 49.9 Å². The molecule has 0 radical (unpaired) electrons. The fourth-order valence-corrected chi connectivity index (χ4v) is 9.89. The van der Waals surface area contributed by atoms with Gasteiger partial charge in [-0.25, -0.2) is 9.55 Å². The van der Waals surface area contributed by atoms with E-state index in [-0.39, 0.29) is 21.1 Å². The summed E-state index contributed by atoms with van der Waals surface area (Å²) in [6.45, 7) is 4.51. The van der Waals surface area contributed by atoms with Crippen LogP contribution in [-0.4, -0.2) is 18.7 Å². The summed E-state index contributed by atoms with van der Waals surface area (Å²) in [6.07, 6.45) is 4.11. The molecule has 12 rings (SSSR count). The Bertz CT molecular complexity index is 3720. The van der Waals surface area contributed by atoms with Gasteiger partial charge in [0.1, 0.15) is 11.5 Å². The Labute approximate surface area is 417 Å². The van der Waals surface area contributed by atoms with Crippen LogP contribution in [0.4, 0.5) is 17.1 Å². The first kappa shape index (κ1) is 43.5. The van der Waals surface area contributed by atoms with E-state index in [1.165, 1.54) is 11.1 Å². The minimum absolute atomic E-state index is 0. The summed E-state index contributed by atoms with van der Waals surface area (Å²) in [7, 11) is 0. The van der Waals surface area contributed by atoms with Crippen LogP contribution in [0.2, 0.25) is 0 Å². The van der Waals surface area contributed by atoms with E-state index in [0.717, 1.165) is 94.9 Å². The van der Waals surface area contributed by atoms with E-state index >= 15 is 0 Å². The molecule has 6 heteroatoms. The molecule has 0 saturated carbocycles. The zero-order valence-corrected chi connectivity index (χ0v) is 40.4. The Balaban J connectivity index is 0.00000520. The van der Waals surface area contributed by atoms with E-state index in [0.29, 0.717) is 5.92 Å². The van der Waals surface area contributed by atoms with Gasteiger partial charge in [0.2, 0.25) is 0 Å². The third-order valence-corrected chi connectivity index (χ3v) is 13.0. The van der Waals surface area contributed by atoms with Crippen molar-refractivity contribution < 1.29 is 21.1 Å². The van der Waals surface area contributed by atoms with E-state index in [1.807, 2.05) is 6.20 Å². The van der Waals surface area contributed by atoms with Gasteiger partial charge >= 0.3 is 0 Å². The van der Waals surface area contributed by atoms with Crippen molar-refractivity contribution in [1.29, 1.82) is 0 Å². The van der Waals surface area contributed by atoms with Crippen molar-refractivity contribution in [3.05, 3.63) is 255 Å². The molecule has 0 atom stereocenters. The fraction of sp³-hybridized carbons (Fsp3) is 0.0476. The molecule has 0 spiro atoms. The number of hydrogen-bond acceptors (Lipinski definition) is 2. The zero-order chi connectivity index (χ0) is 45.6. The van der Waals surface area contributed by atoms with Gasteiger partial charge in [-0.15, -0.1) is 29.7 Å². The van der Waals surface area contributed by atoms with Gasteiger partial charge in [0.05, 0.1) is 5.69 Å². The Morgan fingerprint density at radius 3 is 1.77 bits per heavy atom. The summed E-state index contributed by atoms with van der Waals surface area (Å²) in [4.78, 5) is 7.45. The molecule has 0 aliphatic heterocycles. The van der Waals surface area contributed by atoms with E-state index in [2.05, 4.69) is 275 Å². The fourth-order valence-electron chi connectivity index (χ4n) is 9.89. The molecule has 0 fully saturated rings. The van der Waals surface area contributed by atoms with Gasteiger partial charge < -0.3 is 9.47 Å². The van der Waals surface area contributed by atoms with E-state index in [9.17, 15) is 0 Å². The minimum atomic E-state index is 0. The van der Waals surface area contributed by atoms with Gasteiger partial charge in [-0.2, -0.15) is 16.7 Å². The van der Waals surface area contributed by atoms with Crippen LogP contribution in [0.1, 0.15) is 25.3 Å². The van der Waals surface area contributed by atoms with Crippen LogP contribution >= 0.6 is 0 Å². The van der Waals surface area contributed by atoms with Gasteiger partial charge in [-0.3, -0.25) is 0 Å². The molecule has 5 nitrogen and oxygen atoms in total. The monoisotopic (exact) mass is 1070 g/mol. The molecule has 3 aromatic heterocycles. The van der Waals surface area contributed by atoms with Crippen LogP contribution < -0.4 is 4.90 Å². The third kappa shape index (κ3) is 7.85. The number of benzene rings is 9. The molecule has 0 aliphatic rings. The third-order valence-electron chi connectivity index (χ3n) is 13.0. The van der Waals surface area contributed by atoms with Crippen molar-refractivity contribution in [2.24, 2.45) is 0 Å². The van der Waals surface area contributed by atoms with Crippen LogP contribution in [0.3, 0.4) is 0 Å². The molecule has 0 saturated heterocycles. The van der Waals surface area contributed by atoms with Gasteiger partial charge in [-0.1, -0.05) is 188 Å². The first-order valence-corrected chi connectivity index (χ1v) is 23.2. The Morgan fingerprint density at radius 1 is 0.478 bits per heavy atom. The first-order chi connectivity index (χ1) is 33.6. The average molecular weight is 1070 g/mol. The number of fused-ring (bicyclic) bond motifs is 4. The second-order valence-corrected chi connectivity index (χ2v) is 17.5. The largest absolute Gasteiger partial charge is 0.357 e. The Kier molecular flexibility index (Phi) is 11.7. The number of pyridine rings is 1. The molecule has 334 valence electrons. The predicted molar refractivity (Wildman–Crippen MR) is 282 cm³/mol. The molecule has 3 heterocycles. The van der Waals surface area contributed by atoms with Gasteiger partial charge in [0.15, 0.2) is 17.4 Å². The molecular formula is C63H46N5Pt-. The molecular weight excluding hydrogens is 1020 g/mol. The molecule has 12 aromatic rings. The number of aromatic nitrogens is 4. The van der Waals surface area contributed by atoms with E-state index < -0.39 is 0 Å². The summed E-state index contributed by atoms with van der Waals surface area (Å²) in [5.41, 5.74) is 17.0. The number of imidazole rings is 1. The summed E-state index contributed by atoms with van der Waals surface area (Å²) in [5, 5.41) is 2.24. The smallest absolute Gasteiger partial charge is 0.168 e. The Hall–Kier alpha value is -8.11. The second-order valence-electron chi connectivity index (χ2n) is 17.5. The number of anilines is 3. The first-order valence-electron chi connectivity index (χ1n) is 23.2. The topological polar surface area (TPSA) is 30.9 Å². The van der Waals surface area contributed by atoms with Crippen LogP contribution in [0.25, 0.3) is 83.4 Å². The Morgan fingerprint density at radius 2 is 1.06 bits per heavy atom. The predicted octanol–water partition coefficient (Wildman–Crippen LogP) is 16.4. The summed E-state index contributed by atoms with van der Waals surface area (Å²) >= 11 is 0. The minimum Gasteiger partial charge on any atom is -0.357 e. The van der Waals surface area contributed by atoms with Gasteiger partial charge in [-0.05, 0) is 69.5 Å². The molecule has 0 aliphatic carbocycles. The van der Waals surface area contributed by atoms with E-state index in [4.69, 9.17) is 4.98 Å². The quantitative estimate of drug-likeness (QED) is 0.128. The number of hydrogen-bond donors (Lipinski definition) is 0. The number of rotatable bonds is 10. The van der Waals surface area contributed by atoms with Crippen molar-refractivity contribution in [1.82, 2.24) is 18.7 Å². The standard InChI is InChI=1S/C63H46N5.Pt/c1-44(2)52-28-12-13-29-53(52)47-38-39-64-62(40-47)68-58-33-15-14-30-56(58)57-37-36-51(42-61(57)68)67(63-54(45-20-6-3-7-21-45)31-19-32-55(63)46-22-8-4-9-23-46)50-27-18-26-49(41-50)66-43-65(48-24-10-5-11-25-48)59-34-16-17-35-60(59)66;/h3-40,43-44H,1-2H3;/q-1;. The van der Waals surface area contributed by atoms with Crippen molar-refractivity contribution in [3.8, 4) is 50.6 Å². The van der Waals surface area contributed by atoms with Crippen molar-refractivity contribution in [3.63, 3.8) is 0 Å². The summed E-state index contributed by atoms with van der Waals surface area (Å²) in [5.74, 6) is 1.20. The SMILES string of the molecule is CC(C)c1ccccc1-c1ccnc(-n2c3[c-]c(N(c4[c-]c(-n5[cH+]n(-c6ccccc6)c6ccccc65)ccc4)c4c(-c5ccccc5)cccc4-c4ccccc4)ccc3c3ccccc32)c1.[Pt]. The van der Waals surface area contributed by atoms with Crippen LogP contribution in [0.15, 0.2) is 237 Å². The maximum atomic E-state index is 5.09. The zero-order valence-electron chi connectivity index (χ0n) is 38.1. The van der Waals surface area contributed by atoms with Crippen molar-refractivity contribution in [2.45, 2.75) is 19.8 Å².